The zero-order chi connectivity index (χ0) is 16.6. The number of methoxy groups -OCH3 is 1. The minimum Gasteiger partial charge on any atom is -0.496 e. The van der Waals surface area contributed by atoms with Crippen LogP contribution in [0.25, 0.3) is 5.70 Å². The largest absolute Gasteiger partial charge is 0.496 e. The Morgan fingerprint density at radius 3 is 2.62 bits per heavy atom. The predicted octanol–water partition coefficient (Wildman–Crippen LogP) is 2.33. The van der Waals surface area contributed by atoms with Gasteiger partial charge in [0, 0.05) is 11.5 Å². The van der Waals surface area contributed by atoms with Gasteiger partial charge in [0.15, 0.2) is 5.66 Å². The topological polar surface area (TPSA) is 89.8 Å². The van der Waals surface area contributed by atoms with E-state index in [4.69, 9.17) is 19.7 Å². The lowest BCUT2D eigenvalue weighted by Gasteiger charge is -2.35. The molecule has 6 nitrogen and oxygen atoms in total. The molecule has 3 N–H and O–H groups in total. The van der Waals surface area contributed by atoms with Gasteiger partial charge < -0.3 is 15.5 Å². The Kier molecular flexibility index (Phi) is 6.34. The minimum absolute atomic E-state index is 0. The molecule has 1 fully saturated rings. The van der Waals surface area contributed by atoms with E-state index < -0.39 is 0 Å². The van der Waals surface area contributed by atoms with E-state index in [1.54, 1.807) is 7.11 Å². The number of aliphatic imine (C=N–C) groups is 3. The molecule has 0 radical (unpaired) electrons. The molecule has 1 unspecified atom stereocenters. The Hall–Kier alpha value is -2.02. The smallest absolute Gasteiger partial charge is 0.151 e. The number of ether oxygens (including phenoxy) is 1. The van der Waals surface area contributed by atoms with Crippen LogP contribution < -0.4 is 10.1 Å². The molecule has 0 bridgehead atoms. The van der Waals surface area contributed by atoms with Crippen molar-refractivity contribution in [2.24, 2.45) is 20.9 Å². The van der Waals surface area contributed by atoms with Crippen LogP contribution in [0.1, 0.15) is 25.3 Å². The van der Waals surface area contributed by atoms with Crippen LogP contribution in [0, 0.1) is 5.92 Å². The van der Waals surface area contributed by atoms with Crippen molar-refractivity contribution in [1.29, 1.82) is 0 Å². The number of piperidine rings is 1. The van der Waals surface area contributed by atoms with Crippen molar-refractivity contribution >= 4 is 35.7 Å². The highest BCUT2D eigenvalue weighted by molar-refractivity contribution is 6.68. The SMILES string of the molecule is COc1ccccc1C1=CC2=NC(C)(C3CCNCC3)N=CC2=N1.Cl.O. The molecular formula is C19H25ClN4O2. The number of hydrogen-bond donors (Lipinski definition) is 1. The molecule has 0 spiro atoms. The van der Waals surface area contributed by atoms with Crippen LogP contribution >= 0.6 is 12.4 Å². The van der Waals surface area contributed by atoms with Gasteiger partial charge in [0.2, 0.25) is 0 Å². The molecule has 4 rings (SSSR count). The molecular weight excluding hydrogens is 352 g/mol. The number of hydrogen-bond acceptors (Lipinski definition) is 5. The molecule has 3 aliphatic rings. The Labute approximate surface area is 159 Å². The van der Waals surface area contributed by atoms with Gasteiger partial charge in [-0.05, 0) is 51.1 Å². The summed E-state index contributed by atoms with van der Waals surface area (Å²) in [5.74, 6) is 1.30. The summed E-state index contributed by atoms with van der Waals surface area (Å²) in [5, 5.41) is 3.41. The number of nitrogens with one attached hydrogen (secondary N) is 1. The third kappa shape index (κ3) is 3.58. The Morgan fingerprint density at radius 2 is 1.88 bits per heavy atom. The maximum Gasteiger partial charge on any atom is 0.151 e. The fraction of sp³-hybridized carbons (Fsp3) is 0.421. The molecule has 0 amide bonds. The first-order valence-corrected chi connectivity index (χ1v) is 8.49. The van der Waals surface area contributed by atoms with Gasteiger partial charge in [-0.2, -0.15) is 0 Å². The van der Waals surface area contributed by atoms with Crippen molar-refractivity contribution in [3.8, 4) is 5.75 Å². The summed E-state index contributed by atoms with van der Waals surface area (Å²) >= 11 is 0. The van der Waals surface area contributed by atoms with E-state index in [2.05, 4.69) is 18.3 Å². The number of benzene rings is 1. The highest BCUT2D eigenvalue weighted by Gasteiger charge is 2.37. The van der Waals surface area contributed by atoms with Crippen LogP contribution in [0.5, 0.6) is 5.75 Å². The third-order valence-corrected chi connectivity index (χ3v) is 5.07. The Bertz CT molecular complexity index is 781. The van der Waals surface area contributed by atoms with Gasteiger partial charge in [-0.15, -0.1) is 12.4 Å². The summed E-state index contributed by atoms with van der Waals surface area (Å²) in [7, 11) is 1.68. The van der Waals surface area contributed by atoms with Gasteiger partial charge in [-0.3, -0.25) is 9.98 Å². The lowest BCUT2D eigenvalue weighted by atomic mass is 9.85. The summed E-state index contributed by atoms with van der Waals surface area (Å²) in [6.45, 7) is 4.23. The Morgan fingerprint density at radius 1 is 1.15 bits per heavy atom. The standard InChI is InChI=1S/C19H22N4O.ClH.H2O/c1-19(13-7-9-20-10-8-13)21-12-17-16(23-19)11-15(22-17)14-5-3-4-6-18(14)24-2;;/h3-6,11-13,20H,7-10H2,1-2H3;1H;1H2. The first kappa shape index (κ1) is 20.3. The molecule has 3 aliphatic heterocycles. The predicted molar refractivity (Wildman–Crippen MR) is 109 cm³/mol. The molecule has 0 aliphatic carbocycles. The van der Waals surface area contributed by atoms with Gasteiger partial charge in [0.1, 0.15) is 11.5 Å². The van der Waals surface area contributed by atoms with Crippen LogP contribution in [0.3, 0.4) is 0 Å². The van der Waals surface area contributed by atoms with E-state index in [1.807, 2.05) is 30.5 Å². The van der Waals surface area contributed by atoms with Crippen LogP contribution in [-0.2, 0) is 0 Å². The first-order chi connectivity index (χ1) is 11.7. The number of halogens is 1. The van der Waals surface area contributed by atoms with Crippen molar-refractivity contribution in [2.75, 3.05) is 20.2 Å². The molecule has 0 saturated carbocycles. The fourth-order valence-electron chi connectivity index (χ4n) is 3.63. The van der Waals surface area contributed by atoms with Crippen LogP contribution in [-0.4, -0.2) is 49.0 Å². The highest BCUT2D eigenvalue weighted by atomic mass is 35.5. The van der Waals surface area contributed by atoms with E-state index >= 15 is 0 Å². The van der Waals surface area contributed by atoms with Crippen molar-refractivity contribution in [3.63, 3.8) is 0 Å². The van der Waals surface area contributed by atoms with Crippen molar-refractivity contribution in [3.05, 3.63) is 35.9 Å². The normalized spacial score (nSPS) is 24.5. The molecule has 140 valence electrons. The highest BCUT2D eigenvalue weighted by Crippen LogP contribution is 2.35. The van der Waals surface area contributed by atoms with E-state index in [0.29, 0.717) is 5.92 Å². The maximum absolute atomic E-state index is 5.46. The molecule has 1 aromatic rings. The van der Waals surface area contributed by atoms with Crippen molar-refractivity contribution in [1.82, 2.24) is 5.32 Å². The molecule has 0 aromatic heterocycles. The summed E-state index contributed by atoms with van der Waals surface area (Å²) < 4.78 is 5.46. The Balaban J connectivity index is 0.00000121. The summed E-state index contributed by atoms with van der Waals surface area (Å²) in [6, 6.07) is 7.93. The average Bonchev–Trinajstić information content (AvgIpc) is 3.05. The van der Waals surface area contributed by atoms with Gasteiger partial charge in [0.05, 0.1) is 24.7 Å². The quantitative estimate of drug-likeness (QED) is 0.877. The van der Waals surface area contributed by atoms with Crippen LogP contribution in [0.2, 0.25) is 0 Å². The number of rotatable bonds is 3. The second-order valence-electron chi connectivity index (χ2n) is 6.60. The van der Waals surface area contributed by atoms with Crippen LogP contribution in [0.4, 0.5) is 0 Å². The number of allylic oxidation sites excluding steroid dienone is 1. The fourth-order valence-corrected chi connectivity index (χ4v) is 3.63. The second-order valence-corrected chi connectivity index (χ2v) is 6.60. The van der Waals surface area contributed by atoms with Crippen LogP contribution in [0.15, 0.2) is 45.3 Å². The summed E-state index contributed by atoms with van der Waals surface area (Å²) in [6.07, 6.45) is 6.17. The summed E-state index contributed by atoms with van der Waals surface area (Å²) in [5.41, 5.74) is 3.29. The van der Waals surface area contributed by atoms with E-state index in [9.17, 15) is 0 Å². The van der Waals surface area contributed by atoms with E-state index in [-0.39, 0.29) is 23.5 Å². The lowest BCUT2D eigenvalue weighted by molar-refractivity contribution is 0.244. The molecule has 26 heavy (non-hydrogen) atoms. The second kappa shape index (κ2) is 8.12. The monoisotopic (exact) mass is 376 g/mol. The van der Waals surface area contributed by atoms with E-state index in [0.717, 1.165) is 54.4 Å². The maximum atomic E-state index is 5.46. The van der Waals surface area contributed by atoms with Crippen molar-refractivity contribution < 1.29 is 10.2 Å². The first-order valence-electron chi connectivity index (χ1n) is 8.49. The zero-order valence-electron chi connectivity index (χ0n) is 15.0. The van der Waals surface area contributed by atoms with Gasteiger partial charge in [0.25, 0.3) is 0 Å². The van der Waals surface area contributed by atoms with Crippen molar-refractivity contribution in [2.45, 2.75) is 25.4 Å². The van der Waals surface area contributed by atoms with Gasteiger partial charge >= 0.3 is 0 Å². The van der Waals surface area contributed by atoms with Gasteiger partial charge in [-0.1, -0.05) is 12.1 Å². The molecule has 3 heterocycles. The van der Waals surface area contributed by atoms with Gasteiger partial charge in [-0.25, -0.2) is 4.99 Å². The number of nitrogens with zero attached hydrogens (tertiary/aromatic N) is 3. The average molecular weight is 377 g/mol. The zero-order valence-corrected chi connectivity index (χ0v) is 15.8. The summed E-state index contributed by atoms with van der Waals surface area (Å²) in [4.78, 5) is 14.4. The molecule has 1 saturated heterocycles. The van der Waals surface area contributed by atoms with E-state index in [1.165, 1.54) is 0 Å². The number of fused-ring (bicyclic) bond motifs is 1. The molecule has 1 atom stereocenters. The molecule has 1 aromatic carbocycles. The third-order valence-electron chi connectivity index (χ3n) is 5.07. The number of para-hydroxylation sites is 1. The lowest BCUT2D eigenvalue weighted by Crippen LogP contribution is -2.42. The minimum atomic E-state index is -0.372. The molecule has 7 heteroatoms.